The van der Waals surface area contributed by atoms with Crippen molar-refractivity contribution >= 4 is 11.6 Å². The molecule has 0 saturated carbocycles. The predicted molar refractivity (Wildman–Crippen MR) is 84.2 cm³/mol. The van der Waals surface area contributed by atoms with Gasteiger partial charge in [-0.1, -0.05) is 18.5 Å². The zero-order valence-corrected chi connectivity index (χ0v) is 14.3. The van der Waals surface area contributed by atoms with Crippen LogP contribution in [0.2, 0.25) is 5.02 Å². The molecule has 0 radical (unpaired) electrons. The zero-order chi connectivity index (χ0) is 15.1. The molecule has 1 fully saturated rings. The molecule has 1 aliphatic heterocycles. The number of halogens is 1. The molecule has 114 valence electrons. The Morgan fingerprint density at radius 3 is 2.50 bits per heavy atom. The van der Waals surface area contributed by atoms with E-state index in [-0.39, 0.29) is 11.1 Å². The Kier molecular flexibility index (Phi) is 4.20. The Morgan fingerprint density at radius 2 is 1.95 bits per heavy atom. The van der Waals surface area contributed by atoms with Gasteiger partial charge in [-0.25, -0.2) is 0 Å². The van der Waals surface area contributed by atoms with Crippen molar-refractivity contribution in [3.63, 3.8) is 0 Å². The van der Waals surface area contributed by atoms with Crippen LogP contribution in [-0.2, 0) is 20.0 Å². The van der Waals surface area contributed by atoms with E-state index in [4.69, 9.17) is 11.6 Å². The molecule has 0 bridgehead atoms. The fraction of sp³-hybridized carbons (Fsp3) is 0.800. The lowest BCUT2D eigenvalue weighted by Gasteiger charge is -2.49. The van der Waals surface area contributed by atoms with Crippen LogP contribution >= 0.6 is 11.6 Å². The second-order valence-electron chi connectivity index (χ2n) is 7.09. The van der Waals surface area contributed by atoms with E-state index in [9.17, 15) is 0 Å². The minimum Gasteiger partial charge on any atom is -0.309 e. The molecule has 4 nitrogen and oxygen atoms in total. The summed E-state index contributed by atoms with van der Waals surface area (Å²) < 4.78 is 1.94. The molecular formula is C15H27ClN4. The van der Waals surface area contributed by atoms with Gasteiger partial charge in [0, 0.05) is 37.8 Å². The van der Waals surface area contributed by atoms with E-state index >= 15 is 0 Å². The molecule has 1 aromatic heterocycles. The Balaban J connectivity index is 2.25. The maximum Gasteiger partial charge on any atom is 0.0863 e. The summed E-state index contributed by atoms with van der Waals surface area (Å²) in [4.78, 5) is 2.51. The van der Waals surface area contributed by atoms with Gasteiger partial charge in [0.05, 0.1) is 16.4 Å². The lowest BCUT2D eigenvalue weighted by Crippen LogP contribution is -2.65. The van der Waals surface area contributed by atoms with Gasteiger partial charge in [0.1, 0.15) is 0 Å². The van der Waals surface area contributed by atoms with Crippen molar-refractivity contribution in [2.45, 2.75) is 58.7 Å². The smallest absolute Gasteiger partial charge is 0.0863 e. The Labute approximate surface area is 127 Å². The number of rotatable bonds is 3. The zero-order valence-electron chi connectivity index (χ0n) is 13.5. The summed E-state index contributed by atoms with van der Waals surface area (Å²) in [6.45, 7) is 14.0. The van der Waals surface area contributed by atoms with Crippen LogP contribution in [0.25, 0.3) is 0 Å². The summed E-state index contributed by atoms with van der Waals surface area (Å²) in [6.07, 6.45) is 0.878. The number of piperazine rings is 1. The van der Waals surface area contributed by atoms with Crippen molar-refractivity contribution in [1.82, 2.24) is 20.0 Å². The van der Waals surface area contributed by atoms with E-state index in [1.54, 1.807) is 0 Å². The van der Waals surface area contributed by atoms with E-state index in [0.29, 0.717) is 0 Å². The van der Waals surface area contributed by atoms with Gasteiger partial charge >= 0.3 is 0 Å². The number of hydrogen-bond acceptors (Lipinski definition) is 3. The van der Waals surface area contributed by atoms with Crippen LogP contribution in [0.1, 0.15) is 46.0 Å². The van der Waals surface area contributed by atoms with Gasteiger partial charge in [0.25, 0.3) is 0 Å². The van der Waals surface area contributed by atoms with Gasteiger partial charge in [0.2, 0.25) is 0 Å². The Morgan fingerprint density at radius 1 is 1.30 bits per heavy atom. The van der Waals surface area contributed by atoms with Crippen LogP contribution in [0.15, 0.2) is 0 Å². The number of hydrogen-bond donors (Lipinski definition) is 1. The highest BCUT2D eigenvalue weighted by Gasteiger charge is 2.38. The van der Waals surface area contributed by atoms with Crippen LogP contribution in [0.5, 0.6) is 0 Å². The second kappa shape index (κ2) is 5.32. The van der Waals surface area contributed by atoms with Gasteiger partial charge in [-0.3, -0.25) is 9.58 Å². The third kappa shape index (κ3) is 3.02. The number of aryl methyl sites for hydroxylation is 2. The summed E-state index contributed by atoms with van der Waals surface area (Å²) in [7, 11) is 1.99. The number of nitrogens with zero attached hydrogens (tertiary/aromatic N) is 3. The second-order valence-corrected chi connectivity index (χ2v) is 7.47. The molecule has 1 aliphatic rings. The third-order valence-electron chi connectivity index (χ3n) is 4.29. The first-order valence-electron chi connectivity index (χ1n) is 7.36. The molecule has 5 heteroatoms. The van der Waals surface area contributed by atoms with E-state index < -0.39 is 0 Å². The first kappa shape index (κ1) is 15.8. The monoisotopic (exact) mass is 298 g/mol. The quantitative estimate of drug-likeness (QED) is 0.931. The van der Waals surface area contributed by atoms with E-state index in [0.717, 1.165) is 42.5 Å². The molecule has 0 aliphatic carbocycles. The first-order valence-corrected chi connectivity index (χ1v) is 7.74. The Bertz CT molecular complexity index is 490. The number of aromatic nitrogens is 2. The number of nitrogens with one attached hydrogen (secondary N) is 1. The van der Waals surface area contributed by atoms with Gasteiger partial charge < -0.3 is 5.32 Å². The molecule has 0 atom stereocenters. The van der Waals surface area contributed by atoms with E-state index in [1.807, 2.05) is 11.7 Å². The van der Waals surface area contributed by atoms with Crippen molar-refractivity contribution in [1.29, 1.82) is 0 Å². The molecule has 0 amide bonds. The molecule has 1 saturated heterocycles. The molecule has 20 heavy (non-hydrogen) atoms. The van der Waals surface area contributed by atoms with Gasteiger partial charge in [-0.2, -0.15) is 5.10 Å². The molecule has 0 aromatic carbocycles. The highest BCUT2D eigenvalue weighted by atomic mass is 35.5. The average Bonchev–Trinajstić information content (AvgIpc) is 2.61. The van der Waals surface area contributed by atoms with Gasteiger partial charge in [0.15, 0.2) is 0 Å². The summed E-state index contributed by atoms with van der Waals surface area (Å²) in [5.74, 6) is 0. The minimum absolute atomic E-state index is 0.121. The van der Waals surface area contributed by atoms with Crippen LogP contribution in [-0.4, -0.2) is 38.8 Å². The maximum atomic E-state index is 6.49. The van der Waals surface area contributed by atoms with Crippen molar-refractivity contribution in [2.24, 2.45) is 7.05 Å². The highest BCUT2D eigenvalue weighted by molar-refractivity contribution is 6.31. The van der Waals surface area contributed by atoms with Crippen molar-refractivity contribution in [3.8, 4) is 0 Å². The van der Waals surface area contributed by atoms with E-state index in [1.165, 1.54) is 0 Å². The molecule has 2 heterocycles. The SMILES string of the molecule is CCc1nn(C)c(CN2CC(C)(C)NCC2(C)C)c1Cl. The highest BCUT2D eigenvalue weighted by Crippen LogP contribution is 2.28. The molecule has 1 N–H and O–H groups in total. The maximum absolute atomic E-state index is 6.49. The predicted octanol–water partition coefficient (Wildman–Crippen LogP) is 2.60. The first-order chi connectivity index (χ1) is 9.16. The summed E-state index contributed by atoms with van der Waals surface area (Å²) in [6, 6.07) is 0. The molecule has 0 unspecified atom stereocenters. The lowest BCUT2D eigenvalue weighted by molar-refractivity contribution is 0.0305. The molecular weight excluding hydrogens is 272 g/mol. The van der Waals surface area contributed by atoms with Gasteiger partial charge in [-0.05, 0) is 34.1 Å². The molecule has 1 aromatic rings. The van der Waals surface area contributed by atoms with Crippen LogP contribution in [0, 0.1) is 0 Å². The average molecular weight is 299 g/mol. The topological polar surface area (TPSA) is 33.1 Å². The molecule has 0 spiro atoms. The minimum atomic E-state index is 0.121. The van der Waals surface area contributed by atoms with Crippen molar-refractivity contribution < 1.29 is 0 Å². The Hall–Kier alpha value is -0.580. The fourth-order valence-electron chi connectivity index (χ4n) is 2.76. The van der Waals surface area contributed by atoms with Crippen LogP contribution in [0.3, 0.4) is 0 Å². The standard InChI is InChI=1S/C15H27ClN4/c1-7-11-13(16)12(19(6)18-11)8-20-10-14(2,3)17-9-15(20,4)5/h17H,7-10H2,1-6H3. The summed E-state index contributed by atoms with van der Waals surface area (Å²) in [5.41, 5.74) is 2.37. The normalized spacial score (nSPS) is 22.1. The van der Waals surface area contributed by atoms with E-state index in [2.05, 4.69) is 49.9 Å². The lowest BCUT2D eigenvalue weighted by atomic mass is 9.91. The summed E-state index contributed by atoms with van der Waals surface area (Å²) >= 11 is 6.49. The third-order valence-corrected chi connectivity index (χ3v) is 4.72. The van der Waals surface area contributed by atoms with Crippen LogP contribution in [0.4, 0.5) is 0 Å². The molecule has 2 rings (SSSR count). The van der Waals surface area contributed by atoms with Crippen LogP contribution < -0.4 is 5.32 Å². The fourth-order valence-corrected chi connectivity index (χ4v) is 3.11. The van der Waals surface area contributed by atoms with Crippen molar-refractivity contribution in [3.05, 3.63) is 16.4 Å². The van der Waals surface area contributed by atoms with Gasteiger partial charge in [-0.15, -0.1) is 0 Å². The summed E-state index contributed by atoms with van der Waals surface area (Å²) in [5, 5.41) is 8.97. The van der Waals surface area contributed by atoms with Crippen molar-refractivity contribution in [2.75, 3.05) is 13.1 Å². The largest absolute Gasteiger partial charge is 0.309 e.